The first-order valence-corrected chi connectivity index (χ1v) is 15.0. The van der Waals surface area contributed by atoms with Gasteiger partial charge in [-0.05, 0) is 68.0 Å². The third kappa shape index (κ3) is 11.8. The van der Waals surface area contributed by atoms with Crippen LogP contribution in [0, 0.1) is 0 Å². The van der Waals surface area contributed by atoms with E-state index in [9.17, 15) is 14.7 Å². The van der Waals surface area contributed by atoms with E-state index in [4.69, 9.17) is 14.6 Å². The van der Waals surface area contributed by atoms with Crippen LogP contribution in [0.2, 0.25) is 0 Å². The number of carbonyl (C=O) groups is 2. The van der Waals surface area contributed by atoms with E-state index in [1.54, 1.807) is 23.9 Å². The molecular weight excluding hydrogens is 547 g/mol. The SMILES string of the molecule is CCCc1c(OCCCOc2ccc(C(CCCc3ccccc3)SCCC(=O)O)cc2)ccc(C(C)=O)c1O.[H-].[Na+]. The van der Waals surface area contributed by atoms with Gasteiger partial charge in [0.15, 0.2) is 5.78 Å². The van der Waals surface area contributed by atoms with E-state index in [1.165, 1.54) is 18.1 Å². The van der Waals surface area contributed by atoms with Gasteiger partial charge in [0.25, 0.3) is 0 Å². The van der Waals surface area contributed by atoms with E-state index in [0.717, 1.165) is 31.4 Å². The molecule has 0 aromatic heterocycles. The molecule has 0 bridgehead atoms. The predicted molar refractivity (Wildman–Crippen MR) is 162 cm³/mol. The van der Waals surface area contributed by atoms with E-state index in [-0.39, 0.29) is 54.2 Å². The number of carbonyl (C=O) groups excluding carboxylic acids is 1. The Bertz CT molecular complexity index is 1220. The predicted octanol–water partition coefficient (Wildman–Crippen LogP) is 4.78. The standard InChI is InChI=1S/C33H40O6S.Na.H/c1-3-9-29-30(19-18-28(24(2)34)33(29)37)39-22-8-21-38-27-16-14-26(15-17-27)31(40-23-20-32(35)36)13-7-12-25-10-5-4-6-11-25;;/h4-6,10-11,14-19,31,37H,3,7-9,12-13,20-23H2,1-2H3,(H,35,36);;/q;+1;-1. The van der Waals surface area contributed by atoms with Crippen molar-refractivity contribution in [3.63, 3.8) is 0 Å². The fourth-order valence-corrected chi connectivity index (χ4v) is 5.77. The van der Waals surface area contributed by atoms with Crippen LogP contribution in [0.5, 0.6) is 17.2 Å². The number of phenols is 1. The third-order valence-corrected chi connectivity index (χ3v) is 7.95. The van der Waals surface area contributed by atoms with Gasteiger partial charge in [-0.3, -0.25) is 9.59 Å². The molecule has 1 atom stereocenters. The molecule has 0 aliphatic heterocycles. The molecule has 0 amide bonds. The number of carboxylic acids is 1. The van der Waals surface area contributed by atoms with Crippen LogP contribution in [0.4, 0.5) is 0 Å². The van der Waals surface area contributed by atoms with Gasteiger partial charge < -0.3 is 21.1 Å². The molecule has 3 aromatic rings. The molecule has 3 aromatic carbocycles. The molecule has 0 heterocycles. The molecule has 8 heteroatoms. The van der Waals surface area contributed by atoms with Gasteiger partial charge in [-0.1, -0.05) is 55.8 Å². The zero-order valence-corrected chi connectivity index (χ0v) is 27.3. The van der Waals surface area contributed by atoms with Crippen molar-refractivity contribution in [3.05, 3.63) is 89.0 Å². The molecule has 0 aliphatic rings. The second-order valence-corrected chi connectivity index (χ2v) is 11.1. The Hall–Kier alpha value is -2.45. The number of aryl methyl sites for hydroxylation is 1. The van der Waals surface area contributed by atoms with Crippen molar-refractivity contribution in [2.24, 2.45) is 0 Å². The average Bonchev–Trinajstić information content (AvgIpc) is 2.94. The number of rotatable bonds is 18. The Balaban J connectivity index is 0.00000441. The van der Waals surface area contributed by atoms with Crippen LogP contribution in [-0.4, -0.2) is 40.9 Å². The number of carboxylic acid groups (broad SMARTS) is 1. The summed E-state index contributed by atoms with van der Waals surface area (Å²) >= 11 is 1.70. The van der Waals surface area contributed by atoms with Gasteiger partial charge in [-0.2, -0.15) is 11.8 Å². The van der Waals surface area contributed by atoms with Crippen LogP contribution >= 0.6 is 11.8 Å². The fraction of sp³-hybridized carbons (Fsp3) is 0.394. The number of hydrogen-bond donors (Lipinski definition) is 2. The van der Waals surface area contributed by atoms with Crippen molar-refractivity contribution in [1.29, 1.82) is 0 Å². The topological polar surface area (TPSA) is 93.1 Å². The number of benzene rings is 3. The van der Waals surface area contributed by atoms with Crippen molar-refractivity contribution in [2.45, 2.75) is 64.0 Å². The molecule has 2 N–H and O–H groups in total. The number of ketones is 1. The van der Waals surface area contributed by atoms with Crippen LogP contribution < -0.4 is 39.0 Å². The summed E-state index contributed by atoms with van der Waals surface area (Å²) in [4.78, 5) is 22.8. The van der Waals surface area contributed by atoms with Crippen molar-refractivity contribution in [3.8, 4) is 17.2 Å². The molecule has 0 radical (unpaired) electrons. The van der Waals surface area contributed by atoms with Gasteiger partial charge >= 0.3 is 35.5 Å². The summed E-state index contributed by atoms with van der Waals surface area (Å²) in [6, 6.07) is 21.9. The molecule has 216 valence electrons. The molecule has 0 aliphatic carbocycles. The van der Waals surface area contributed by atoms with Crippen molar-refractivity contribution in [2.75, 3.05) is 19.0 Å². The molecule has 0 saturated carbocycles. The molecule has 6 nitrogen and oxygen atoms in total. The molecule has 1 unspecified atom stereocenters. The summed E-state index contributed by atoms with van der Waals surface area (Å²) < 4.78 is 11.8. The Labute approximate surface area is 271 Å². The van der Waals surface area contributed by atoms with Crippen LogP contribution in [0.3, 0.4) is 0 Å². The number of hydrogen-bond acceptors (Lipinski definition) is 6. The Morgan fingerprint density at radius 3 is 2.29 bits per heavy atom. The van der Waals surface area contributed by atoms with Gasteiger partial charge in [0.05, 0.1) is 25.2 Å². The monoisotopic (exact) mass is 588 g/mol. The van der Waals surface area contributed by atoms with Crippen LogP contribution in [0.15, 0.2) is 66.7 Å². The zero-order chi connectivity index (χ0) is 28.7. The first-order chi connectivity index (χ1) is 19.4. The van der Waals surface area contributed by atoms with Gasteiger partial charge in [0, 0.05) is 23.0 Å². The third-order valence-electron chi connectivity index (χ3n) is 6.60. The van der Waals surface area contributed by atoms with Crippen LogP contribution in [0.1, 0.15) is 79.7 Å². The minimum Gasteiger partial charge on any atom is -1.00 e. The maximum atomic E-state index is 11.8. The van der Waals surface area contributed by atoms with Crippen LogP contribution in [0.25, 0.3) is 0 Å². The summed E-state index contributed by atoms with van der Waals surface area (Å²) in [6.07, 6.45) is 5.28. The van der Waals surface area contributed by atoms with E-state index in [0.29, 0.717) is 48.7 Å². The van der Waals surface area contributed by atoms with Gasteiger partial charge in [0.2, 0.25) is 0 Å². The second kappa shape index (κ2) is 18.9. The van der Waals surface area contributed by atoms with E-state index < -0.39 is 5.97 Å². The molecule has 0 saturated heterocycles. The summed E-state index contributed by atoms with van der Waals surface area (Å²) in [5, 5.41) is 19.8. The van der Waals surface area contributed by atoms with Crippen molar-refractivity contribution in [1.82, 2.24) is 0 Å². The summed E-state index contributed by atoms with van der Waals surface area (Å²) in [5.74, 6) is 1.04. The molecule has 0 spiro atoms. The molecule has 3 rings (SSSR count). The van der Waals surface area contributed by atoms with Gasteiger partial charge in [-0.25, -0.2) is 0 Å². The Morgan fingerprint density at radius 1 is 0.927 bits per heavy atom. The smallest absolute Gasteiger partial charge is 1.00 e. The summed E-state index contributed by atoms with van der Waals surface area (Å²) in [6.45, 7) is 4.37. The number of phenolic OH excluding ortho intramolecular Hbond substituents is 1. The number of aromatic hydroxyl groups is 1. The maximum absolute atomic E-state index is 11.8. The minimum absolute atomic E-state index is 0. The first-order valence-electron chi connectivity index (χ1n) is 14.0. The van der Waals surface area contributed by atoms with Crippen LogP contribution in [-0.2, 0) is 17.6 Å². The largest absolute Gasteiger partial charge is 1.00 e. The Morgan fingerprint density at radius 2 is 1.63 bits per heavy atom. The molecule has 0 fully saturated rings. The quantitative estimate of drug-likeness (QED) is 0.126. The maximum Gasteiger partial charge on any atom is 1.00 e. The van der Waals surface area contributed by atoms with E-state index in [1.807, 2.05) is 25.1 Å². The number of Topliss-reactive ketones (excluding diaryl/α,β-unsaturated/α-hetero) is 1. The number of aliphatic carboxylic acids is 1. The Kier molecular flexibility index (Phi) is 16.0. The van der Waals surface area contributed by atoms with Crippen molar-refractivity contribution >= 4 is 23.5 Å². The molecule has 41 heavy (non-hydrogen) atoms. The van der Waals surface area contributed by atoms with Crippen molar-refractivity contribution < 1.29 is 60.3 Å². The second-order valence-electron chi connectivity index (χ2n) is 9.75. The fourth-order valence-electron chi connectivity index (χ4n) is 4.51. The van der Waals surface area contributed by atoms with Gasteiger partial charge in [-0.15, -0.1) is 0 Å². The normalized spacial score (nSPS) is 11.4. The molecular formula is C33H41NaO6S. The van der Waals surface area contributed by atoms with E-state index in [2.05, 4.69) is 36.4 Å². The average molecular weight is 589 g/mol. The zero-order valence-electron chi connectivity index (χ0n) is 25.4. The van der Waals surface area contributed by atoms with E-state index >= 15 is 0 Å². The number of thioether (sulfide) groups is 1. The summed E-state index contributed by atoms with van der Waals surface area (Å²) in [5.41, 5.74) is 3.49. The van der Waals surface area contributed by atoms with Gasteiger partial charge in [0.1, 0.15) is 17.2 Å². The summed E-state index contributed by atoms with van der Waals surface area (Å²) in [7, 11) is 0. The minimum atomic E-state index is -0.769. The number of ether oxygens (including phenoxy) is 2. The first kappa shape index (κ1) is 34.7.